The maximum Gasteiger partial charge on any atom is 0.337 e. The van der Waals surface area contributed by atoms with Crippen LogP contribution in [-0.2, 0) is 14.3 Å². The van der Waals surface area contributed by atoms with Crippen LogP contribution < -0.4 is 5.32 Å². The maximum atomic E-state index is 11.6. The van der Waals surface area contributed by atoms with Crippen molar-refractivity contribution in [2.75, 3.05) is 19.0 Å². The van der Waals surface area contributed by atoms with Crippen LogP contribution >= 0.6 is 0 Å². The molecule has 0 spiro atoms. The molecule has 5 nitrogen and oxygen atoms in total. The van der Waals surface area contributed by atoms with Crippen molar-refractivity contribution in [3.05, 3.63) is 29.3 Å². The summed E-state index contributed by atoms with van der Waals surface area (Å²) in [6.07, 6.45) is 0.00791. The average molecular weight is 265 g/mol. The lowest BCUT2D eigenvalue weighted by molar-refractivity contribution is -0.121. The number of methoxy groups -OCH3 is 1. The molecule has 0 fully saturated rings. The molecule has 1 aromatic rings. The standard InChI is InChI=1S/C14H19NO4/c1-9(2)19-8-13(16)15-12-6-5-11(7-10(12)3)14(17)18-4/h5-7,9H,8H2,1-4H3,(H,15,16). The maximum absolute atomic E-state index is 11.6. The average Bonchev–Trinajstić information content (AvgIpc) is 2.37. The van der Waals surface area contributed by atoms with Gasteiger partial charge in [-0.3, -0.25) is 4.79 Å². The molecule has 1 amide bonds. The van der Waals surface area contributed by atoms with Crippen molar-refractivity contribution < 1.29 is 19.1 Å². The van der Waals surface area contributed by atoms with Gasteiger partial charge >= 0.3 is 5.97 Å². The number of nitrogens with one attached hydrogen (secondary N) is 1. The van der Waals surface area contributed by atoms with E-state index in [1.54, 1.807) is 18.2 Å². The molecule has 0 bridgehead atoms. The second kappa shape index (κ2) is 6.89. The SMILES string of the molecule is COC(=O)c1ccc(NC(=O)COC(C)C)c(C)c1. The van der Waals surface area contributed by atoms with Gasteiger partial charge in [-0.15, -0.1) is 0 Å². The highest BCUT2D eigenvalue weighted by molar-refractivity contribution is 5.94. The van der Waals surface area contributed by atoms with Gasteiger partial charge in [-0.1, -0.05) is 0 Å². The van der Waals surface area contributed by atoms with E-state index in [1.165, 1.54) is 7.11 Å². The van der Waals surface area contributed by atoms with E-state index in [0.29, 0.717) is 11.3 Å². The van der Waals surface area contributed by atoms with E-state index in [4.69, 9.17) is 4.74 Å². The smallest absolute Gasteiger partial charge is 0.337 e. The third kappa shape index (κ3) is 4.71. The Morgan fingerprint density at radius 2 is 2.00 bits per heavy atom. The van der Waals surface area contributed by atoms with Gasteiger partial charge in [-0.05, 0) is 44.5 Å². The number of hydrogen-bond acceptors (Lipinski definition) is 4. The summed E-state index contributed by atoms with van der Waals surface area (Å²) in [5.74, 6) is -0.619. The quantitative estimate of drug-likeness (QED) is 0.828. The Morgan fingerprint density at radius 1 is 1.32 bits per heavy atom. The van der Waals surface area contributed by atoms with Crippen LogP contribution in [0, 0.1) is 6.92 Å². The number of rotatable bonds is 5. The van der Waals surface area contributed by atoms with Gasteiger partial charge in [-0.2, -0.15) is 0 Å². The zero-order valence-corrected chi connectivity index (χ0v) is 11.6. The minimum Gasteiger partial charge on any atom is -0.465 e. The van der Waals surface area contributed by atoms with Crippen molar-refractivity contribution >= 4 is 17.6 Å². The van der Waals surface area contributed by atoms with Gasteiger partial charge in [-0.25, -0.2) is 4.79 Å². The number of esters is 1. The van der Waals surface area contributed by atoms with Crippen LogP contribution in [0.3, 0.4) is 0 Å². The molecule has 0 heterocycles. The predicted octanol–water partition coefficient (Wildman–Crippen LogP) is 2.15. The number of ether oxygens (including phenoxy) is 2. The monoisotopic (exact) mass is 265 g/mol. The minimum absolute atomic E-state index is 0.00791. The van der Waals surface area contributed by atoms with Crippen LogP contribution in [0.5, 0.6) is 0 Å². The largest absolute Gasteiger partial charge is 0.465 e. The van der Waals surface area contributed by atoms with E-state index in [1.807, 2.05) is 20.8 Å². The second-order valence-electron chi connectivity index (χ2n) is 4.43. The summed E-state index contributed by atoms with van der Waals surface area (Å²) < 4.78 is 9.84. The van der Waals surface area contributed by atoms with Gasteiger partial charge in [0.2, 0.25) is 5.91 Å². The lowest BCUT2D eigenvalue weighted by Gasteiger charge is -2.11. The number of anilines is 1. The Kier molecular flexibility index (Phi) is 5.51. The lowest BCUT2D eigenvalue weighted by Crippen LogP contribution is -2.21. The Labute approximate surface area is 112 Å². The Balaban J connectivity index is 2.69. The summed E-state index contributed by atoms with van der Waals surface area (Å²) in [5.41, 5.74) is 1.90. The summed E-state index contributed by atoms with van der Waals surface area (Å²) in [4.78, 5) is 23.0. The first kappa shape index (κ1) is 15.2. The molecule has 104 valence electrons. The predicted molar refractivity (Wildman–Crippen MR) is 72.2 cm³/mol. The third-order valence-corrected chi connectivity index (χ3v) is 2.47. The number of amides is 1. The van der Waals surface area contributed by atoms with Gasteiger partial charge in [0.25, 0.3) is 0 Å². The molecule has 0 aliphatic carbocycles. The summed E-state index contributed by atoms with van der Waals surface area (Å²) in [6, 6.07) is 4.96. The van der Waals surface area contributed by atoms with E-state index in [0.717, 1.165) is 5.56 Å². The molecule has 0 saturated carbocycles. The normalized spacial score (nSPS) is 10.4. The van der Waals surface area contributed by atoms with Crippen LogP contribution in [0.25, 0.3) is 0 Å². The van der Waals surface area contributed by atoms with Gasteiger partial charge < -0.3 is 14.8 Å². The molecule has 1 aromatic carbocycles. The summed E-state index contributed by atoms with van der Waals surface area (Å²) in [5, 5.41) is 2.73. The molecule has 1 N–H and O–H groups in total. The molecule has 0 aromatic heterocycles. The van der Waals surface area contributed by atoms with E-state index < -0.39 is 5.97 Å². The fourth-order valence-electron chi connectivity index (χ4n) is 1.48. The fourth-order valence-corrected chi connectivity index (χ4v) is 1.48. The zero-order chi connectivity index (χ0) is 14.4. The van der Waals surface area contributed by atoms with Gasteiger partial charge in [0.1, 0.15) is 6.61 Å². The molecule has 5 heteroatoms. The Morgan fingerprint density at radius 3 is 2.53 bits per heavy atom. The summed E-state index contributed by atoms with van der Waals surface area (Å²) in [6.45, 7) is 5.55. The van der Waals surface area contributed by atoms with E-state index in [9.17, 15) is 9.59 Å². The first-order valence-corrected chi connectivity index (χ1v) is 6.04. The molecule has 0 saturated heterocycles. The van der Waals surface area contributed by atoms with Crippen molar-refractivity contribution in [1.29, 1.82) is 0 Å². The number of aryl methyl sites for hydroxylation is 1. The highest BCUT2D eigenvalue weighted by Gasteiger charge is 2.10. The number of carbonyl (C=O) groups excluding carboxylic acids is 2. The van der Waals surface area contributed by atoms with E-state index in [2.05, 4.69) is 10.1 Å². The van der Waals surface area contributed by atoms with Gasteiger partial charge in [0, 0.05) is 5.69 Å². The van der Waals surface area contributed by atoms with Crippen molar-refractivity contribution in [2.45, 2.75) is 26.9 Å². The Hall–Kier alpha value is -1.88. The van der Waals surface area contributed by atoms with Crippen LogP contribution in [0.1, 0.15) is 29.8 Å². The van der Waals surface area contributed by atoms with Gasteiger partial charge in [0.15, 0.2) is 0 Å². The van der Waals surface area contributed by atoms with Crippen molar-refractivity contribution in [2.24, 2.45) is 0 Å². The van der Waals surface area contributed by atoms with Crippen LogP contribution in [-0.4, -0.2) is 31.7 Å². The molecule has 0 aliphatic heterocycles. The molecule has 0 aliphatic rings. The molecular formula is C14H19NO4. The molecule has 19 heavy (non-hydrogen) atoms. The third-order valence-electron chi connectivity index (χ3n) is 2.47. The minimum atomic E-state index is -0.399. The molecular weight excluding hydrogens is 246 g/mol. The van der Waals surface area contributed by atoms with Crippen molar-refractivity contribution in [3.63, 3.8) is 0 Å². The van der Waals surface area contributed by atoms with Crippen molar-refractivity contribution in [1.82, 2.24) is 0 Å². The second-order valence-corrected chi connectivity index (χ2v) is 4.43. The molecule has 1 rings (SSSR count). The molecule has 0 atom stereocenters. The number of benzene rings is 1. The summed E-state index contributed by atoms with van der Waals surface area (Å²) >= 11 is 0. The number of hydrogen-bond donors (Lipinski definition) is 1. The molecule has 0 radical (unpaired) electrons. The Bertz CT molecular complexity index is 469. The van der Waals surface area contributed by atoms with Gasteiger partial charge in [0.05, 0.1) is 18.8 Å². The van der Waals surface area contributed by atoms with Crippen molar-refractivity contribution in [3.8, 4) is 0 Å². The van der Waals surface area contributed by atoms with E-state index >= 15 is 0 Å². The topological polar surface area (TPSA) is 64.6 Å². The number of carbonyl (C=O) groups is 2. The fraction of sp³-hybridized carbons (Fsp3) is 0.429. The first-order chi connectivity index (χ1) is 8.93. The first-order valence-electron chi connectivity index (χ1n) is 6.04. The zero-order valence-electron chi connectivity index (χ0n) is 11.6. The van der Waals surface area contributed by atoms with Crippen LogP contribution in [0.2, 0.25) is 0 Å². The highest BCUT2D eigenvalue weighted by atomic mass is 16.5. The van der Waals surface area contributed by atoms with E-state index in [-0.39, 0.29) is 18.6 Å². The summed E-state index contributed by atoms with van der Waals surface area (Å²) in [7, 11) is 1.33. The highest BCUT2D eigenvalue weighted by Crippen LogP contribution is 2.17. The van der Waals surface area contributed by atoms with Crippen LogP contribution in [0.4, 0.5) is 5.69 Å². The van der Waals surface area contributed by atoms with Crippen LogP contribution in [0.15, 0.2) is 18.2 Å². The molecule has 0 unspecified atom stereocenters. The lowest BCUT2D eigenvalue weighted by atomic mass is 10.1.